The fraction of sp³-hybridized carbons (Fsp3) is 0.273. The minimum atomic E-state index is -0.137. The number of nitrogens with zero attached hydrogens (tertiary/aromatic N) is 1. The van der Waals surface area contributed by atoms with Gasteiger partial charge < -0.3 is 14.8 Å². The van der Waals surface area contributed by atoms with Crippen LogP contribution in [0, 0.1) is 20.8 Å². The number of hydrogen-bond donors (Lipinski definition) is 1. The third-order valence-corrected chi connectivity index (χ3v) is 5.29. The van der Waals surface area contributed by atoms with Gasteiger partial charge in [0, 0.05) is 22.6 Å². The summed E-state index contributed by atoms with van der Waals surface area (Å²) in [5.41, 5.74) is 6.41. The number of aromatic nitrogens is 1. The van der Waals surface area contributed by atoms with Crippen LogP contribution in [0.3, 0.4) is 0 Å². The van der Waals surface area contributed by atoms with E-state index in [-0.39, 0.29) is 12.3 Å². The molecule has 1 aromatic heterocycles. The third kappa shape index (κ3) is 4.34. The van der Waals surface area contributed by atoms with E-state index in [0.29, 0.717) is 16.6 Å². The molecule has 0 fully saturated rings. The van der Waals surface area contributed by atoms with Crippen molar-refractivity contribution in [2.24, 2.45) is 0 Å². The van der Waals surface area contributed by atoms with Gasteiger partial charge in [0.15, 0.2) is 5.13 Å². The lowest BCUT2D eigenvalue weighted by Crippen LogP contribution is -2.14. The summed E-state index contributed by atoms with van der Waals surface area (Å²) in [5.74, 6) is 1.18. The zero-order valence-corrected chi connectivity index (χ0v) is 17.6. The van der Waals surface area contributed by atoms with E-state index < -0.39 is 0 Å². The van der Waals surface area contributed by atoms with Crippen LogP contribution in [0.4, 0.5) is 5.13 Å². The second-order valence-electron chi connectivity index (χ2n) is 6.71. The molecule has 0 spiro atoms. The number of thiazole rings is 1. The van der Waals surface area contributed by atoms with Gasteiger partial charge in [-0.3, -0.25) is 4.79 Å². The summed E-state index contributed by atoms with van der Waals surface area (Å²) in [4.78, 5) is 17.1. The Kier molecular flexibility index (Phi) is 5.99. The van der Waals surface area contributed by atoms with Crippen LogP contribution >= 0.6 is 11.3 Å². The molecule has 0 atom stereocenters. The van der Waals surface area contributed by atoms with E-state index in [2.05, 4.69) is 43.2 Å². The molecule has 0 saturated heterocycles. The van der Waals surface area contributed by atoms with Crippen molar-refractivity contribution in [3.05, 3.63) is 58.0 Å². The Hall–Kier alpha value is -2.86. The second-order valence-corrected chi connectivity index (χ2v) is 7.57. The summed E-state index contributed by atoms with van der Waals surface area (Å²) in [6.07, 6.45) is 0.199. The predicted octanol–water partition coefficient (Wildman–Crippen LogP) is 4.93. The first-order chi connectivity index (χ1) is 13.4. The van der Waals surface area contributed by atoms with Gasteiger partial charge in [0.25, 0.3) is 0 Å². The number of amides is 1. The van der Waals surface area contributed by atoms with Crippen molar-refractivity contribution >= 4 is 22.4 Å². The number of methoxy groups -OCH3 is 2. The molecule has 1 heterocycles. The summed E-state index contributed by atoms with van der Waals surface area (Å²) in [6.45, 7) is 6.26. The fourth-order valence-electron chi connectivity index (χ4n) is 3.36. The predicted molar refractivity (Wildman–Crippen MR) is 114 cm³/mol. The van der Waals surface area contributed by atoms with Crippen molar-refractivity contribution in [2.75, 3.05) is 19.5 Å². The number of aryl methyl sites for hydroxylation is 3. The van der Waals surface area contributed by atoms with Crippen molar-refractivity contribution in [3.63, 3.8) is 0 Å². The highest BCUT2D eigenvalue weighted by atomic mass is 32.1. The lowest BCUT2D eigenvalue weighted by Gasteiger charge is -2.10. The summed E-state index contributed by atoms with van der Waals surface area (Å²) < 4.78 is 10.6. The average molecular weight is 397 g/mol. The zero-order valence-electron chi connectivity index (χ0n) is 16.8. The quantitative estimate of drug-likeness (QED) is 0.641. The average Bonchev–Trinajstić information content (AvgIpc) is 3.08. The Morgan fingerprint density at radius 2 is 1.79 bits per heavy atom. The van der Waals surface area contributed by atoms with Gasteiger partial charge in [-0.25, -0.2) is 4.98 Å². The molecule has 0 unspecified atom stereocenters. The Morgan fingerprint density at radius 3 is 2.43 bits per heavy atom. The van der Waals surface area contributed by atoms with Crippen molar-refractivity contribution in [1.82, 2.24) is 4.98 Å². The van der Waals surface area contributed by atoms with Crippen molar-refractivity contribution in [1.29, 1.82) is 0 Å². The van der Waals surface area contributed by atoms with Gasteiger partial charge in [-0.05, 0) is 38.0 Å². The smallest absolute Gasteiger partial charge is 0.230 e. The van der Waals surface area contributed by atoms with Gasteiger partial charge >= 0.3 is 0 Å². The minimum Gasteiger partial charge on any atom is -0.497 e. The van der Waals surface area contributed by atoms with Gasteiger partial charge in [0.05, 0.1) is 26.3 Å². The zero-order chi connectivity index (χ0) is 20.3. The number of anilines is 1. The number of ether oxygens (including phenoxy) is 2. The van der Waals surface area contributed by atoms with Crippen LogP contribution in [0.5, 0.6) is 11.5 Å². The fourth-order valence-corrected chi connectivity index (χ4v) is 4.08. The molecule has 1 amide bonds. The van der Waals surface area contributed by atoms with Crippen LogP contribution in [0.1, 0.15) is 22.3 Å². The first-order valence-corrected chi connectivity index (χ1v) is 9.83. The molecule has 0 aliphatic heterocycles. The highest BCUT2D eigenvalue weighted by Crippen LogP contribution is 2.31. The Bertz CT molecular complexity index is 988. The molecule has 3 rings (SSSR count). The third-order valence-electron chi connectivity index (χ3n) is 4.53. The molecule has 28 heavy (non-hydrogen) atoms. The van der Waals surface area contributed by atoms with Gasteiger partial charge in [0.1, 0.15) is 11.5 Å². The number of rotatable bonds is 6. The molecule has 0 aliphatic rings. The number of carbonyl (C=O) groups excluding carboxylic acids is 1. The van der Waals surface area contributed by atoms with Crippen LogP contribution in [-0.4, -0.2) is 25.1 Å². The van der Waals surface area contributed by atoms with Crippen LogP contribution < -0.4 is 14.8 Å². The Morgan fingerprint density at radius 1 is 1.07 bits per heavy atom. The summed E-state index contributed by atoms with van der Waals surface area (Å²) in [7, 11) is 3.17. The van der Waals surface area contributed by atoms with Crippen LogP contribution in [0.2, 0.25) is 0 Å². The lowest BCUT2D eigenvalue weighted by molar-refractivity contribution is -0.115. The molecule has 0 radical (unpaired) electrons. The van der Waals surface area contributed by atoms with Gasteiger partial charge in [-0.15, -0.1) is 11.3 Å². The maximum absolute atomic E-state index is 12.5. The van der Waals surface area contributed by atoms with Gasteiger partial charge in [-0.1, -0.05) is 23.8 Å². The van der Waals surface area contributed by atoms with E-state index in [9.17, 15) is 4.79 Å². The standard InChI is InChI=1S/C22H24N2O3S/c1-13-8-14(2)21(15(3)9-13)18-12-28-22(23-18)24-20(25)10-16-6-7-17(26-4)11-19(16)27-5/h6-9,11-12H,10H2,1-5H3,(H,23,24,25). The molecule has 5 nitrogen and oxygen atoms in total. The maximum Gasteiger partial charge on any atom is 0.230 e. The number of carbonyl (C=O) groups is 1. The molecule has 146 valence electrons. The van der Waals surface area contributed by atoms with E-state index >= 15 is 0 Å². The van der Waals surface area contributed by atoms with Crippen LogP contribution in [-0.2, 0) is 11.2 Å². The van der Waals surface area contributed by atoms with E-state index in [4.69, 9.17) is 9.47 Å². The molecule has 3 aromatic rings. The molecule has 0 bridgehead atoms. The molecule has 1 N–H and O–H groups in total. The summed E-state index contributed by atoms with van der Waals surface area (Å²) in [6, 6.07) is 9.72. The topological polar surface area (TPSA) is 60.5 Å². The van der Waals surface area contributed by atoms with E-state index in [1.165, 1.54) is 28.0 Å². The number of benzene rings is 2. The SMILES string of the molecule is COc1ccc(CC(=O)Nc2nc(-c3c(C)cc(C)cc3C)cs2)c(OC)c1. The largest absolute Gasteiger partial charge is 0.497 e. The molecule has 6 heteroatoms. The highest BCUT2D eigenvalue weighted by Gasteiger charge is 2.14. The van der Waals surface area contributed by atoms with E-state index in [1.54, 1.807) is 20.3 Å². The van der Waals surface area contributed by atoms with Crippen molar-refractivity contribution in [2.45, 2.75) is 27.2 Å². The molecular weight excluding hydrogens is 372 g/mol. The van der Waals surface area contributed by atoms with Gasteiger partial charge in [0.2, 0.25) is 5.91 Å². The molecule has 2 aromatic carbocycles. The number of nitrogens with one attached hydrogen (secondary N) is 1. The van der Waals surface area contributed by atoms with E-state index in [1.807, 2.05) is 17.5 Å². The summed E-state index contributed by atoms with van der Waals surface area (Å²) in [5, 5.41) is 5.46. The second kappa shape index (κ2) is 8.44. The minimum absolute atomic E-state index is 0.137. The monoisotopic (exact) mass is 396 g/mol. The lowest BCUT2D eigenvalue weighted by atomic mass is 9.98. The van der Waals surface area contributed by atoms with Crippen molar-refractivity contribution in [3.8, 4) is 22.8 Å². The van der Waals surface area contributed by atoms with Crippen LogP contribution in [0.25, 0.3) is 11.3 Å². The highest BCUT2D eigenvalue weighted by molar-refractivity contribution is 7.14. The van der Waals surface area contributed by atoms with Crippen molar-refractivity contribution < 1.29 is 14.3 Å². The van der Waals surface area contributed by atoms with Crippen LogP contribution in [0.15, 0.2) is 35.7 Å². The molecule has 0 aliphatic carbocycles. The Labute approximate surface area is 169 Å². The summed E-state index contributed by atoms with van der Waals surface area (Å²) >= 11 is 1.43. The number of hydrogen-bond acceptors (Lipinski definition) is 5. The van der Waals surface area contributed by atoms with E-state index in [0.717, 1.165) is 16.8 Å². The first kappa shape index (κ1) is 19.9. The molecular formula is C22H24N2O3S. The van der Waals surface area contributed by atoms with Gasteiger partial charge in [-0.2, -0.15) is 0 Å². The normalized spacial score (nSPS) is 10.6. The molecule has 0 saturated carbocycles. The maximum atomic E-state index is 12.5. The first-order valence-electron chi connectivity index (χ1n) is 8.95. The Balaban J connectivity index is 1.75.